The van der Waals surface area contributed by atoms with Crippen LogP contribution in [0.2, 0.25) is 5.02 Å². The number of halogens is 1. The van der Waals surface area contributed by atoms with Gasteiger partial charge in [-0.1, -0.05) is 11.6 Å². The number of nitrogens with zero attached hydrogens (tertiary/aromatic N) is 2. The van der Waals surface area contributed by atoms with E-state index in [9.17, 15) is 19.5 Å². The smallest absolute Gasteiger partial charge is 0.312 e. The first-order valence-electron chi connectivity index (χ1n) is 8.22. The Morgan fingerprint density at radius 2 is 1.89 bits per heavy atom. The first kappa shape index (κ1) is 22.5. The van der Waals surface area contributed by atoms with Crippen LogP contribution in [0.1, 0.15) is 16.8 Å². The van der Waals surface area contributed by atoms with E-state index in [0.29, 0.717) is 35.8 Å². The molecule has 150 valence electrons. The lowest BCUT2D eigenvalue weighted by Crippen LogP contribution is -2.51. The molecule has 0 radical (unpaired) electrons. The van der Waals surface area contributed by atoms with Crippen LogP contribution in [-0.4, -0.2) is 79.7 Å². The van der Waals surface area contributed by atoms with Crippen LogP contribution in [0.5, 0.6) is 5.75 Å². The molecule has 0 aliphatic rings. The molecule has 1 unspecified atom stereocenters. The molecule has 4 N–H and O–H groups in total. The minimum atomic E-state index is -1.09. The molecular formula is C17H25ClN4O5. The number of ether oxygens (including phenoxy) is 1. The molecule has 0 heterocycles. The van der Waals surface area contributed by atoms with Crippen LogP contribution in [0.15, 0.2) is 18.2 Å². The molecule has 10 heteroatoms. The maximum absolute atomic E-state index is 12.4. The number of hydrogen-bond acceptors (Lipinski definition) is 5. The molecule has 0 aliphatic carbocycles. The molecule has 27 heavy (non-hydrogen) atoms. The Bertz CT molecular complexity index is 685. The lowest BCUT2D eigenvalue weighted by molar-refractivity contribution is -0.132. The summed E-state index contributed by atoms with van der Waals surface area (Å²) in [6.07, 6.45) is 0.503. The minimum absolute atomic E-state index is 0.211. The van der Waals surface area contributed by atoms with Crippen LogP contribution in [-0.2, 0) is 4.79 Å². The summed E-state index contributed by atoms with van der Waals surface area (Å²) < 4.78 is 5.06. The number of carbonyl (C=O) groups is 3. The third kappa shape index (κ3) is 6.61. The van der Waals surface area contributed by atoms with Crippen LogP contribution in [0.25, 0.3) is 0 Å². The zero-order valence-electron chi connectivity index (χ0n) is 15.6. The molecule has 0 bridgehead atoms. The fourth-order valence-electron chi connectivity index (χ4n) is 2.40. The predicted molar refractivity (Wildman–Crippen MR) is 101 cm³/mol. The first-order chi connectivity index (χ1) is 12.7. The normalized spacial score (nSPS) is 11.4. The Morgan fingerprint density at radius 1 is 1.26 bits per heavy atom. The number of rotatable bonds is 9. The maximum atomic E-state index is 12.4. The van der Waals surface area contributed by atoms with E-state index in [1.54, 1.807) is 26.2 Å². The van der Waals surface area contributed by atoms with Gasteiger partial charge in [0.2, 0.25) is 5.91 Å². The number of benzene rings is 1. The van der Waals surface area contributed by atoms with E-state index < -0.39 is 24.6 Å². The second kappa shape index (κ2) is 10.6. The van der Waals surface area contributed by atoms with Crippen LogP contribution in [0, 0.1) is 0 Å². The number of amides is 4. The highest BCUT2D eigenvalue weighted by Gasteiger charge is 2.22. The van der Waals surface area contributed by atoms with Gasteiger partial charge in [0.05, 0.1) is 18.7 Å². The third-order valence-corrected chi connectivity index (χ3v) is 4.20. The second-order valence-corrected chi connectivity index (χ2v) is 6.34. The zero-order valence-corrected chi connectivity index (χ0v) is 16.3. The molecule has 0 aromatic heterocycles. The van der Waals surface area contributed by atoms with E-state index >= 15 is 0 Å². The fraction of sp³-hybridized carbons (Fsp3) is 0.471. The summed E-state index contributed by atoms with van der Waals surface area (Å²) in [6, 6.07) is 2.81. The van der Waals surface area contributed by atoms with E-state index in [0.717, 1.165) is 0 Å². The van der Waals surface area contributed by atoms with Crippen molar-refractivity contribution in [3.05, 3.63) is 28.8 Å². The van der Waals surface area contributed by atoms with Crippen molar-refractivity contribution in [3.63, 3.8) is 0 Å². The van der Waals surface area contributed by atoms with E-state index in [-0.39, 0.29) is 5.91 Å². The Labute approximate surface area is 163 Å². The molecule has 1 rings (SSSR count). The molecule has 9 nitrogen and oxygen atoms in total. The molecule has 1 aromatic carbocycles. The highest BCUT2D eigenvalue weighted by atomic mass is 35.5. The molecule has 1 atom stereocenters. The average Bonchev–Trinajstić information content (AvgIpc) is 2.64. The SMILES string of the molecule is COc1ccc(C(=O)N(C)CCCN(C)C(=O)C(CO)NC(N)=O)cc1Cl. The molecule has 0 fully saturated rings. The summed E-state index contributed by atoms with van der Waals surface area (Å²) in [5.74, 6) is -0.191. The molecule has 1 aromatic rings. The summed E-state index contributed by atoms with van der Waals surface area (Å²) in [6.45, 7) is 0.173. The largest absolute Gasteiger partial charge is 0.495 e. The van der Waals surface area contributed by atoms with Gasteiger partial charge in [0.25, 0.3) is 5.91 Å². The quantitative estimate of drug-likeness (QED) is 0.549. The molecule has 0 saturated heterocycles. The number of aliphatic hydroxyl groups is 1. The first-order valence-corrected chi connectivity index (χ1v) is 8.59. The molecular weight excluding hydrogens is 376 g/mol. The predicted octanol–water partition coefficient (Wildman–Crippen LogP) is 0.298. The molecule has 0 aliphatic heterocycles. The lowest BCUT2D eigenvalue weighted by Gasteiger charge is -2.24. The van der Waals surface area contributed by atoms with Gasteiger partial charge in [-0.15, -0.1) is 0 Å². The summed E-state index contributed by atoms with van der Waals surface area (Å²) in [7, 11) is 4.68. The van der Waals surface area contributed by atoms with Crippen LogP contribution < -0.4 is 15.8 Å². The van der Waals surface area contributed by atoms with Crippen molar-refractivity contribution >= 4 is 29.4 Å². The number of nitrogens with two attached hydrogens (primary N) is 1. The Kier molecular flexibility index (Phi) is 8.83. The van der Waals surface area contributed by atoms with Crippen molar-refractivity contribution in [1.29, 1.82) is 0 Å². The second-order valence-electron chi connectivity index (χ2n) is 5.93. The molecule has 4 amide bonds. The Balaban J connectivity index is 2.55. The van der Waals surface area contributed by atoms with E-state index in [1.807, 2.05) is 0 Å². The average molecular weight is 401 g/mol. The van der Waals surface area contributed by atoms with Gasteiger partial charge in [0.15, 0.2) is 0 Å². The lowest BCUT2D eigenvalue weighted by atomic mass is 10.2. The van der Waals surface area contributed by atoms with Gasteiger partial charge in [-0.3, -0.25) is 9.59 Å². The fourth-order valence-corrected chi connectivity index (χ4v) is 2.66. The van der Waals surface area contributed by atoms with Gasteiger partial charge >= 0.3 is 6.03 Å². The molecule has 0 saturated carbocycles. The number of methoxy groups -OCH3 is 1. The standard InChI is InChI=1S/C17H25ClN4O5/c1-21(15(24)11-5-6-14(27-3)12(18)9-11)7-4-8-22(2)16(25)13(10-23)20-17(19)26/h5-6,9,13,23H,4,7-8,10H2,1-3H3,(H3,19,20,26). The number of likely N-dealkylation sites (N-methyl/N-ethyl adjacent to an activating group) is 1. The van der Waals surface area contributed by atoms with Crippen molar-refractivity contribution in [1.82, 2.24) is 15.1 Å². The highest BCUT2D eigenvalue weighted by Crippen LogP contribution is 2.25. The number of urea groups is 1. The Morgan fingerprint density at radius 3 is 2.41 bits per heavy atom. The van der Waals surface area contributed by atoms with Crippen LogP contribution in [0.4, 0.5) is 4.79 Å². The monoisotopic (exact) mass is 400 g/mol. The van der Waals surface area contributed by atoms with Crippen LogP contribution in [0.3, 0.4) is 0 Å². The van der Waals surface area contributed by atoms with Crippen molar-refractivity contribution in [3.8, 4) is 5.75 Å². The van der Waals surface area contributed by atoms with Gasteiger partial charge in [-0.2, -0.15) is 0 Å². The molecule has 0 spiro atoms. The van der Waals surface area contributed by atoms with Crippen molar-refractivity contribution < 1.29 is 24.2 Å². The van der Waals surface area contributed by atoms with E-state index in [4.69, 9.17) is 22.1 Å². The Hall–Kier alpha value is -2.52. The summed E-state index contributed by atoms with van der Waals surface area (Å²) in [4.78, 5) is 38.3. The van der Waals surface area contributed by atoms with Gasteiger partial charge < -0.3 is 30.7 Å². The van der Waals surface area contributed by atoms with Crippen molar-refractivity contribution in [2.45, 2.75) is 12.5 Å². The number of carbonyl (C=O) groups excluding carboxylic acids is 3. The van der Waals surface area contributed by atoms with Crippen LogP contribution >= 0.6 is 11.6 Å². The van der Waals surface area contributed by atoms with Crippen molar-refractivity contribution in [2.24, 2.45) is 5.73 Å². The topological polar surface area (TPSA) is 125 Å². The summed E-state index contributed by atoms with van der Waals surface area (Å²) in [5.41, 5.74) is 5.40. The highest BCUT2D eigenvalue weighted by molar-refractivity contribution is 6.32. The van der Waals surface area contributed by atoms with Crippen molar-refractivity contribution in [2.75, 3.05) is 40.9 Å². The maximum Gasteiger partial charge on any atom is 0.312 e. The zero-order chi connectivity index (χ0) is 20.6. The van der Waals surface area contributed by atoms with Gasteiger partial charge in [0, 0.05) is 32.7 Å². The third-order valence-electron chi connectivity index (χ3n) is 3.91. The number of hydrogen-bond donors (Lipinski definition) is 3. The minimum Gasteiger partial charge on any atom is -0.495 e. The number of aliphatic hydroxyl groups excluding tert-OH is 1. The number of primary amides is 1. The summed E-state index contributed by atoms with van der Waals surface area (Å²) >= 11 is 6.04. The van der Waals surface area contributed by atoms with Gasteiger partial charge in [-0.25, -0.2) is 4.79 Å². The van der Waals surface area contributed by atoms with Gasteiger partial charge in [0.1, 0.15) is 11.8 Å². The number of nitrogens with one attached hydrogen (secondary N) is 1. The van der Waals surface area contributed by atoms with E-state index in [1.165, 1.54) is 23.0 Å². The van der Waals surface area contributed by atoms with E-state index in [2.05, 4.69) is 5.32 Å². The summed E-state index contributed by atoms with van der Waals surface area (Å²) in [5, 5.41) is 11.7. The van der Waals surface area contributed by atoms with Gasteiger partial charge in [-0.05, 0) is 24.6 Å².